The lowest BCUT2D eigenvalue weighted by Crippen LogP contribution is -2.25. The molecule has 0 heterocycles. The molecule has 0 spiro atoms. The topological polar surface area (TPSA) is 9.23 Å². The van der Waals surface area contributed by atoms with Gasteiger partial charge in [-0.3, -0.25) is 0 Å². The standard InChI is InChI=1S/C15H30OSSi/c1-15(2,3)17-14(16-18(4,5)6)12-11-13-9-7-8-10-13/h12-13H,7-11H2,1-6H3/b14-12-. The van der Waals surface area contributed by atoms with Crippen LogP contribution in [0.2, 0.25) is 19.6 Å². The molecule has 0 bridgehead atoms. The lowest BCUT2D eigenvalue weighted by Gasteiger charge is -2.26. The number of rotatable bonds is 5. The van der Waals surface area contributed by atoms with Gasteiger partial charge >= 0.3 is 0 Å². The quantitative estimate of drug-likeness (QED) is 0.467. The number of hydrogen-bond donors (Lipinski definition) is 0. The Morgan fingerprint density at radius 3 is 2.22 bits per heavy atom. The fourth-order valence-corrected chi connectivity index (χ4v) is 4.60. The molecule has 0 unspecified atom stereocenters. The maximum Gasteiger partial charge on any atom is 0.242 e. The van der Waals surface area contributed by atoms with Gasteiger partial charge in [-0.15, -0.1) is 0 Å². The summed E-state index contributed by atoms with van der Waals surface area (Å²) < 4.78 is 6.47. The van der Waals surface area contributed by atoms with E-state index in [2.05, 4.69) is 46.5 Å². The summed E-state index contributed by atoms with van der Waals surface area (Å²) in [5.41, 5.74) is 0. The van der Waals surface area contributed by atoms with Gasteiger partial charge in [0, 0.05) is 4.75 Å². The zero-order valence-corrected chi connectivity index (χ0v) is 14.8. The van der Waals surface area contributed by atoms with Crippen LogP contribution < -0.4 is 0 Å². The van der Waals surface area contributed by atoms with E-state index in [9.17, 15) is 0 Å². The minimum Gasteiger partial charge on any atom is -0.540 e. The monoisotopic (exact) mass is 286 g/mol. The highest BCUT2D eigenvalue weighted by atomic mass is 32.2. The molecule has 0 amide bonds. The SMILES string of the molecule is CC(C)(C)S/C(=C\CC1CCCC1)O[Si](C)(C)C. The van der Waals surface area contributed by atoms with Crippen LogP contribution in [0.1, 0.15) is 52.9 Å². The molecule has 0 saturated heterocycles. The third-order valence-corrected chi connectivity index (χ3v) is 4.95. The van der Waals surface area contributed by atoms with Gasteiger partial charge in [0.15, 0.2) is 0 Å². The van der Waals surface area contributed by atoms with Gasteiger partial charge in [0.05, 0.1) is 0 Å². The second kappa shape index (κ2) is 6.51. The van der Waals surface area contributed by atoms with E-state index in [-0.39, 0.29) is 4.75 Å². The van der Waals surface area contributed by atoms with E-state index in [1.807, 2.05) is 11.8 Å². The first kappa shape index (κ1) is 16.2. The van der Waals surface area contributed by atoms with Crippen molar-refractivity contribution in [3.8, 4) is 0 Å². The highest BCUT2D eigenvalue weighted by Crippen LogP contribution is 2.35. The molecule has 1 saturated carbocycles. The van der Waals surface area contributed by atoms with Gasteiger partial charge in [0.2, 0.25) is 8.32 Å². The average molecular weight is 287 g/mol. The van der Waals surface area contributed by atoms with Gasteiger partial charge in [0.25, 0.3) is 0 Å². The zero-order chi connectivity index (χ0) is 13.8. The van der Waals surface area contributed by atoms with Crippen molar-refractivity contribution in [2.75, 3.05) is 0 Å². The average Bonchev–Trinajstić information content (AvgIpc) is 2.61. The zero-order valence-electron chi connectivity index (χ0n) is 13.0. The van der Waals surface area contributed by atoms with Crippen LogP contribution in [0.15, 0.2) is 11.2 Å². The molecule has 0 aromatic heterocycles. The largest absolute Gasteiger partial charge is 0.540 e. The van der Waals surface area contributed by atoms with Crippen molar-refractivity contribution < 1.29 is 4.43 Å². The molecular formula is C15H30OSSi. The molecule has 0 atom stereocenters. The van der Waals surface area contributed by atoms with Crippen molar-refractivity contribution in [1.29, 1.82) is 0 Å². The Balaban J connectivity index is 2.60. The fourth-order valence-electron chi connectivity index (χ4n) is 2.22. The summed E-state index contributed by atoms with van der Waals surface area (Å²) >= 11 is 1.89. The van der Waals surface area contributed by atoms with Crippen molar-refractivity contribution in [2.45, 2.75) is 77.3 Å². The van der Waals surface area contributed by atoms with E-state index < -0.39 is 8.32 Å². The molecule has 1 aliphatic carbocycles. The summed E-state index contributed by atoms with van der Waals surface area (Å²) in [4.78, 5) is 0. The molecular weight excluding hydrogens is 256 g/mol. The van der Waals surface area contributed by atoms with E-state index >= 15 is 0 Å². The molecule has 1 rings (SSSR count). The Bertz CT molecular complexity index is 262. The van der Waals surface area contributed by atoms with E-state index in [0.29, 0.717) is 0 Å². The second-order valence-electron chi connectivity index (χ2n) is 7.34. The Morgan fingerprint density at radius 1 is 1.22 bits per heavy atom. The number of allylic oxidation sites excluding steroid dienone is 1. The fraction of sp³-hybridized carbons (Fsp3) is 0.867. The summed E-state index contributed by atoms with van der Waals surface area (Å²) in [6.45, 7) is 13.6. The molecule has 0 aromatic rings. The predicted molar refractivity (Wildman–Crippen MR) is 86.4 cm³/mol. The smallest absolute Gasteiger partial charge is 0.242 e. The van der Waals surface area contributed by atoms with Crippen LogP contribution in [0.25, 0.3) is 0 Å². The van der Waals surface area contributed by atoms with E-state index in [1.165, 1.54) is 37.2 Å². The van der Waals surface area contributed by atoms with Crippen LogP contribution >= 0.6 is 11.8 Å². The molecule has 3 heteroatoms. The molecule has 1 aliphatic rings. The van der Waals surface area contributed by atoms with Gasteiger partial charge in [-0.05, 0) is 38.1 Å². The first-order chi connectivity index (χ1) is 8.16. The van der Waals surface area contributed by atoms with Crippen molar-refractivity contribution in [3.05, 3.63) is 11.2 Å². The highest BCUT2D eigenvalue weighted by molar-refractivity contribution is 8.04. The Kier molecular flexibility index (Phi) is 5.85. The lowest BCUT2D eigenvalue weighted by molar-refractivity contribution is 0.452. The van der Waals surface area contributed by atoms with Crippen LogP contribution in [0.3, 0.4) is 0 Å². The molecule has 0 aliphatic heterocycles. The summed E-state index contributed by atoms with van der Waals surface area (Å²) in [6.07, 6.45) is 9.26. The Morgan fingerprint density at radius 2 is 1.78 bits per heavy atom. The van der Waals surface area contributed by atoms with E-state index in [0.717, 1.165) is 5.92 Å². The van der Waals surface area contributed by atoms with Crippen LogP contribution in [0.5, 0.6) is 0 Å². The maximum absolute atomic E-state index is 6.24. The van der Waals surface area contributed by atoms with Gasteiger partial charge in [-0.25, -0.2) is 0 Å². The van der Waals surface area contributed by atoms with E-state index in [1.54, 1.807) is 0 Å². The molecule has 18 heavy (non-hydrogen) atoms. The first-order valence-electron chi connectivity index (χ1n) is 7.24. The molecule has 106 valence electrons. The van der Waals surface area contributed by atoms with Crippen molar-refractivity contribution in [3.63, 3.8) is 0 Å². The van der Waals surface area contributed by atoms with Gasteiger partial charge in [0.1, 0.15) is 5.09 Å². The van der Waals surface area contributed by atoms with Gasteiger partial charge in [-0.2, -0.15) is 0 Å². The van der Waals surface area contributed by atoms with Crippen LogP contribution in [-0.4, -0.2) is 13.1 Å². The van der Waals surface area contributed by atoms with Crippen molar-refractivity contribution in [1.82, 2.24) is 0 Å². The summed E-state index contributed by atoms with van der Waals surface area (Å²) in [7, 11) is -1.49. The molecule has 0 radical (unpaired) electrons. The van der Waals surface area contributed by atoms with Crippen LogP contribution in [-0.2, 0) is 4.43 Å². The van der Waals surface area contributed by atoms with Gasteiger partial charge < -0.3 is 4.43 Å². The number of hydrogen-bond acceptors (Lipinski definition) is 2. The minimum absolute atomic E-state index is 0.237. The molecule has 1 fully saturated rings. The predicted octanol–water partition coefficient (Wildman–Crippen LogP) is 5.79. The third-order valence-electron chi connectivity index (χ3n) is 2.91. The van der Waals surface area contributed by atoms with Gasteiger partial charge in [-0.1, -0.05) is 58.2 Å². The van der Waals surface area contributed by atoms with Crippen LogP contribution in [0.4, 0.5) is 0 Å². The normalized spacial score (nSPS) is 19.3. The lowest BCUT2D eigenvalue weighted by atomic mass is 10.0. The molecule has 0 N–H and O–H groups in total. The number of thioether (sulfide) groups is 1. The maximum atomic E-state index is 6.24. The Labute approximate surface area is 119 Å². The molecule has 0 aromatic carbocycles. The van der Waals surface area contributed by atoms with E-state index in [4.69, 9.17) is 4.43 Å². The highest BCUT2D eigenvalue weighted by Gasteiger charge is 2.23. The molecule has 1 nitrogen and oxygen atoms in total. The third kappa shape index (κ3) is 7.52. The summed E-state index contributed by atoms with van der Waals surface area (Å²) in [6, 6.07) is 0. The Hall–Kier alpha value is 0.107. The van der Waals surface area contributed by atoms with Crippen molar-refractivity contribution in [2.24, 2.45) is 5.92 Å². The van der Waals surface area contributed by atoms with Crippen molar-refractivity contribution >= 4 is 20.1 Å². The van der Waals surface area contributed by atoms with Crippen LogP contribution in [0, 0.1) is 5.92 Å². The minimum atomic E-state index is -1.49. The summed E-state index contributed by atoms with van der Waals surface area (Å²) in [5, 5.41) is 1.17. The first-order valence-corrected chi connectivity index (χ1v) is 11.5. The second-order valence-corrected chi connectivity index (χ2v) is 13.6. The summed E-state index contributed by atoms with van der Waals surface area (Å²) in [5.74, 6) is 0.908.